The maximum absolute atomic E-state index is 13.1. The van der Waals surface area contributed by atoms with Gasteiger partial charge in [0.15, 0.2) is 0 Å². The van der Waals surface area contributed by atoms with Gasteiger partial charge >= 0.3 is 6.18 Å². The van der Waals surface area contributed by atoms with Gasteiger partial charge in [0, 0.05) is 23.1 Å². The second-order valence-corrected chi connectivity index (χ2v) is 5.94. The average molecular weight is 354 g/mol. The molecule has 0 unspecified atom stereocenters. The SMILES string of the molecule is O=C1Nc2cccc(-c3cccc(C(F)(F)F)c3)c2/C1=C/c1ccc[nH]1. The van der Waals surface area contributed by atoms with Crippen LogP contribution in [0.1, 0.15) is 16.8 Å². The van der Waals surface area contributed by atoms with Crippen LogP contribution >= 0.6 is 0 Å². The molecule has 0 aliphatic carbocycles. The summed E-state index contributed by atoms with van der Waals surface area (Å²) in [6.07, 6.45) is -0.998. The summed E-state index contributed by atoms with van der Waals surface area (Å²) in [4.78, 5) is 15.4. The molecule has 3 aromatic rings. The van der Waals surface area contributed by atoms with E-state index in [0.29, 0.717) is 28.0 Å². The van der Waals surface area contributed by atoms with E-state index in [1.807, 2.05) is 6.07 Å². The number of aromatic amines is 1. The number of fused-ring (bicyclic) bond motifs is 1. The molecule has 0 fully saturated rings. The van der Waals surface area contributed by atoms with Crippen LogP contribution in [0.15, 0.2) is 60.8 Å². The number of alkyl halides is 3. The van der Waals surface area contributed by atoms with Gasteiger partial charge in [-0.05, 0) is 47.5 Å². The van der Waals surface area contributed by atoms with Gasteiger partial charge < -0.3 is 10.3 Å². The van der Waals surface area contributed by atoms with Gasteiger partial charge in [-0.3, -0.25) is 4.79 Å². The van der Waals surface area contributed by atoms with Crippen molar-refractivity contribution in [1.82, 2.24) is 4.98 Å². The number of H-pyrrole nitrogens is 1. The molecular weight excluding hydrogens is 341 g/mol. The zero-order valence-electron chi connectivity index (χ0n) is 13.4. The lowest BCUT2D eigenvalue weighted by Gasteiger charge is -2.12. The van der Waals surface area contributed by atoms with E-state index in [1.54, 1.807) is 42.6 Å². The molecule has 6 heteroatoms. The van der Waals surface area contributed by atoms with E-state index in [0.717, 1.165) is 17.8 Å². The number of aromatic nitrogens is 1. The summed E-state index contributed by atoms with van der Waals surface area (Å²) in [7, 11) is 0. The Morgan fingerprint density at radius 2 is 1.77 bits per heavy atom. The van der Waals surface area contributed by atoms with Gasteiger partial charge in [-0.15, -0.1) is 0 Å². The summed E-state index contributed by atoms with van der Waals surface area (Å²) in [5.41, 5.74) is 2.60. The van der Waals surface area contributed by atoms with E-state index < -0.39 is 11.7 Å². The highest BCUT2D eigenvalue weighted by Gasteiger charge is 2.32. The molecule has 26 heavy (non-hydrogen) atoms. The molecule has 0 radical (unpaired) electrons. The second-order valence-electron chi connectivity index (χ2n) is 5.94. The number of anilines is 1. The normalized spacial score (nSPS) is 15.2. The molecule has 4 rings (SSSR count). The minimum absolute atomic E-state index is 0.283. The third kappa shape index (κ3) is 2.79. The quantitative estimate of drug-likeness (QED) is 0.611. The van der Waals surface area contributed by atoms with Crippen molar-refractivity contribution in [1.29, 1.82) is 0 Å². The minimum Gasteiger partial charge on any atom is -0.362 e. The molecule has 0 saturated carbocycles. The smallest absolute Gasteiger partial charge is 0.362 e. The maximum atomic E-state index is 13.1. The largest absolute Gasteiger partial charge is 0.416 e. The zero-order chi connectivity index (χ0) is 18.3. The Labute approximate surface area is 147 Å². The van der Waals surface area contributed by atoms with E-state index in [4.69, 9.17) is 0 Å². The minimum atomic E-state index is -4.43. The lowest BCUT2D eigenvalue weighted by atomic mass is 9.93. The van der Waals surface area contributed by atoms with Crippen LogP contribution in [0, 0.1) is 0 Å². The molecule has 3 nitrogen and oxygen atoms in total. The topological polar surface area (TPSA) is 44.9 Å². The summed E-state index contributed by atoms with van der Waals surface area (Å²) in [5.74, 6) is -0.283. The van der Waals surface area contributed by atoms with Gasteiger partial charge in [0.25, 0.3) is 5.91 Å². The molecule has 0 saturated heterocycles. The van der Waals surface area contributed by atoms with Crippen LogP contribution in [-0.2, 0) is 11.0 Å². The summed E-state index contributed by atoms with van der Waals surface area (Å²) in [5, 5.41) is 2.77. The number of amides is 1. The average Bonchev–Trinajstić information content (AvgIpc) is 3.23. The van der Waals surface area contributed by atoms with Gasteiger partial charge in [0.2, 0.25) is 0 Å². The van der Waals surface area contributed by atoms with Gasteiger partial charge in [-0.25, -0.2) is 0 Å². The molecule has 0 spiro atoms. The number of nitrogens with one attached hydrogen (secondary N) is 2. The summed E-state index contributed by atoms with van der Waals surface area (Å²) in [6.45, 7) is 0. The van der Waals surface area contributed by atoms with Crippen molar-refractivity contribution in [2.45, 2.75) is 6.18 Å². The Kier molecular flexibility index (Phi) is 3.68. The number of benzene rings is 2. The third-order valence-electron chi connectivity index (χ3n) is 4.25. The van der Waals surface area contributed by atoms with E-state index in [-0.39, 0.29) is 5.91 Å². The summed E-state index contributed by atoms with van der Waals surface area (Å²) in [6, 6.07) is 13.9. The van der Waals surface area contributed by atoms with Crippen LogP contribution in [0.5, 0.6) is 0 Å². The lowest BCUT2D eigenvalue weighted by molar-refractivity contribution is -0.137. The highest BCUT2D eigenvalue weighted by atomic mass is 19.4. The molecule has 1 amide bonds. The molecule has 2 aromatic carbocycles. The molecule has 2 heterocycles. The predicted octanol–water partition coefficient (Wildman–Crippen LogP) is 5.19. The van der Waals surface area contributed by atoms with Crippen LogP contribution in [-0.4, -0.2) is 10.9 Å². The van der Waals surface area contributed by atoms with Crippen molar-refractivity contribution >= 4 is 23.2 Å². The number of carbonyl (C=O) groups is 1. The number of halogens is 3. The first-order chi connectivity index (χ1) is 12.4. The van der Waals surface area contributed by atoms with Crippen LogP contribution in [0.2, 0.25) is 0 Å². The fraction of sp³-hybridized carbons (Fsp3) is 0.0500. The first-order valence-corrected chi connectivity index (χ1v) is 7.91. The van der Waals surface area contributed by atoms with Crippen molar-refractivity contribution < 1.29 is 18.0 Å². The molecule has 1 aliphatic rings. The molecule has 0 atom stereocenters. The fourth-order valence-electron chi connectivity index (χ4n) is 3.08. The molecule has 130 valence electrons. The van der Waals surface area contributed by atoms with Gasteiger partial charge in [-0.1, -0.05) is 24.3 Å². The van der Waals surface area contributed by atoms with Crippen molar-refractivity contribution in [3.05, 3.63) is 77.6 Å². The van der Waals surface area contributed by atoms with Crippen LogP contribution < -0.4 is 5.32 Å². The number of carbonyl (C=O) groups excluding carboxylic acids is 1. The standard InChI is InChI=1S/C20H13F3N2O/c21-20(22,23)13-5-1-4-12(10-13)15-7-2-8-17-18(15)16(19(26)25-17)11-14-6-3-9-24-14/h1-11,24H,(H,25,26)/b16-11-. The highest BCUT2D eigenvalue weighted by Crippen LogP contribution is 2.41. The highest BCUT2D eigenvalue weighted by molar-refractivity contribution is 6.36. The van der Waals surface area contributed by atoms with Crippen LogP contribution in [0.3, 0.4) is 0 Å². The Hall–Kier alpha value is -3.28. The second kappa shape index (κ2) is 5.91. The molecule has 1 aliphatic heterocycles. The number of hydrogen-bond donors (Lipinski definition) is 2. The Balaban J connectivity index is 1.89. The van der Waals surface area contributed by atoms with Crippen molar-refractivity contribution in [2.75, 3.05) is 5.32 Å². The first-order valence-electron chi connectivity index (χ1n) is 7.91. The summed E-state index contributed by atoms with van der Waals surface area (Å²) >= 11 is 0. The maximum Gasteiger partial charge on any atom is 0.416 e. The zero-order valence-corrected chi connectivity index (χ0v) is 13.4. The van der Waals surface area contributed by atoms with Crippen molar-refractivity contribution in [3.8, 4) is 11.1 Å². The summed E-state index contributed by atoms with van der Waals surface area (Å²) < 4.78 is 39.2. The monoisotopic (exact) mass is 354 g/mol. The molecule has 2 N–H and O–H groups in total. The number of hydrogen-bond acceptors (Lipinski definition) is 1. The Morgan fingerprint density at radius 1 is 0.962 bits per heavy atom. The van der Waals surface area contributed by atoms with Gasteiger partial charge in [0.1, 0.15) is 0 Å². The third-order valence-corrected chi connectivity index (χ3v) is 4.25. The first kappa shape index (κ1) is 16.2. The van der Waals surface area contributed by atoms with Crippen LogP contribution in [0.25, 0.3) is 22.8 Å². The van der Waals surface area contributed by atoms with E-state index >= 15 is 0 Å². The van der Waals surface area contributed by atoms with Crippen molar-refractivity contribution in [3.63, 3.8) is 0 Å². The van der Waals surface area contributed by atoms with Crippen LogP contribution in [0.4, 0.5) is 18.9 Å². The van der Waals surface area contributed by atoms with Gasteiger partial charge in [0.05, 0.1) is 11.1 Å². The molecule has 1 aromatic heterocycles. The lowest BCUT2D eigenvalue weighted by Crippen LogP contribution is -2.04. The van der Waals surface area contributed by atoms with E-state index in [2.05, 4.69) is 10.3 Å². The number of rotatable bonds is 2. The molecular formula is C20H13F3N2O. The predicted molar refractivity (Wildman–Crippen MR) is 94.2 cm³/mol. The van der Waals surface area contributed by atoms with E-state index in [1.165, 1.54) is 6.07 Å². The van der Waals surface area contributed by atoms with Crippen molar-refractivity contribution in [2.24, 2.45) is 0 Å². The Bertz CT molecular complexity index is 1020. The molecule has 0 bridgehead atoms. The van der Waals surface area contributed by atoms with E-state index in [9.17, 15) is 18.0 Å². The Morgan fingerprint density at radius 3 is 2.50 bits per heavy atom. The fourth-order valence-corrected chi connectivity index (χ4v) is 3.08. The van der Waals surface area contributed by atoms with Gasteiger partial charge in [-0.2, -0.15) is 13.2 Å².